The first-order chi connectivity index (χ1) is 11.5. The molecule has 24 heavy (non-hydrogen) atoms. The van der Waals surface area contributed by atoms with Gasteiger partial charge in [0.05, 0.1) is 10.6 Å². The second-order valence-electron chi connectivity index (χ2n) is 4.64. The van der Waals surface area contributed by atoms with E-state index in [1.807, 2.05) is 0 Å². The van der Waals surface area contributed by atoms with Crippen LogP contribution in [0.25, 0.3) is 5.57 Å². The van der Waals surface area contributed by atoms with Crippen molar-refractivity contribution in [1.29, 1.82) is 0 Å². The minimum Gasteiger partial charge on any atom is -0.288 e. The number of hydroxylamine groups is 1. The lowest BCUT2D eigenvalue weighted by Crippen LogP contribution is -2.16. The van der Waals surface area contributed by atoms with E-state index in [2.05, 4.69) is 10.6 Å². The summed E-state index contributed by atoms with van der Waals surface area (Å²) in [4.78, 5) is 11.4. The predicted octanol–water partition coefficient (Wildman–Crippen LogP) is 2.01. The summed E-state index contributed by atoms with van der Waals surface area (Å²) in [5.41, 5.74) is 2.12. The predicted molar refractivity (Wildman–Crippen MR) is 90.4 cm³/mol. The number of allylic oxidation sites excluding steroid dienone is 1. The third kappa shape index (κ3) is 4.01. The fraction of sp³-hybridized carbons (Fsp3) is 0. The number of rotatable bonds is 5. The van der Waals surface area contributed by atoms with Crippen LogP contribution in [0.5, 0.6) is 0 Å². The molecule has 0 spiro atoms. The number of carbonyl (C=O) groups excluding carboxylic acids is 1. The van der Waals surface area contributed by atoms with Gasteiger partial charge in [0.1, 0.15) is 0 Å². The highest BCUT2D eigenvalue weighted by Crippen LogP contribution is 2.25. The molecular formula is C17H14N2O4S. The van der Waals surface area contributed by atoms with E-state index in [1.165, 1.54) is 23.7 Å². The molecule has 0 fully saturated rings. The van der Waals surface area contributed by atoms with Crippen LogP contribution in [0.3, 0.4) is 0 Å². The van der Waals surface area contributed by atoms with Gasteiger partial charge in [0.25, 0.3) is 15.9 Å². The van der Waals surface area contributed by atoms with Crippen LogP contribution in [-0.4, -0.2) is 19.5 Å². The van der Waals surface area contributed by atoms with Gasteiger partial charge in [-0.25, -0.2) is 13.9 Å². The quantitative estimate of drug-likeness (QED) is 0.335. The van der Waals surface area contributed by atoms with Gasteiger partial charge >= 0.3 is 0 Å². The van der Waals surface area contributed by atoms with E-state index < -0.39 is 15.9 Å². The molecule has 0 radical (unpaired) electrons. The van der Waals surface area contributed by atoms with Gasteiger partial charge < -0.3 is 0 Å². The van der Waals surface area contributed by atoms with Crippen molar-refractivity contribution in [2.75, 3.05) is 4.72 Å². The van der Waals surface area contributed by atoms with Crippen LogP contribution >= 0.6 is 0 Å². The molecule has 6 nitrogen and oxygen atoms in total. The Balaban J connectivity index is 2.45. The summed E-state index contributed by atoms with van der Waals surface area (Å²) < 4.78 is 27.3. The normalized spacial score (nSPS) is 11.4. The average molecular weight is 342 g/mol. The number of nitrogens with one attached hydrogen (secondary N) is 2. The van der Waals surface area contributed by atoms with Crippen LogP contribution in [0.15, 0.2) is 65.6 Å². The van der Waals surface area contributed by atoms with Crippen molar-refractivity contribution in [2.24, 2.45) is 0 Å². The monoisotopic (exact) mass is 342 g/mol. The van der Waals surface area contributed by atoms with E-state index in [1.54, 1.807) is 36.4 Å². The van der Waals surface area contributed by atoms with Gasteiger partial charge in [-0.2, -0.15) is 0 Å². The van der Waals surface area contributed by atoms with E-state index >= 15 is 0 Å². The Hall–Kier alpha value is -3.08. The number of para-hydroxylation sites is 1. The molecule has 0 unspecified atom stereocenters. The number of terminal acetylenes is 1. The third-order valence-corrected chi connectivity index (χ3v) is 4.44. The number of sulfonamides is 1. The van der Waals surface area contributed by atoms with Gasteiger partial charge in [0.2, 0.25) is 0 Å². The summed E-state index contributed by atoms with van der Waals surface area (Å²) >= 11 is 0. The maximum atomic E-state index is 12.4. The molecule has 0 saturated carbocycles. The maximum absolute atomic E-state index is 12.4. The first-order valence-corrected chi connectivity index (χ1v) is 8.26. The molecule has 122 valence electrons. The van der Waals surface area contributed by atoms with Crippen molar-refractivity contribution in [3.05, 3.63) is 66.2 Å². The van der Waals surface area contributed by atoms with Gasteiger partial charge in [-0.3, -0.25) is 14.7 Å². The highest BCUT2D eigenvalue weighted by atomic mass is 32.2. The van der Waals surface area contributed by atoms with Crippen LogP contribution in [-0.2, 0) is 14.8 Å². The molecule has 0 atom stereocenters. The summed E-state index contributed by atoms with van der Waals surface area (Å²) in [6, 6.07) is 14.2. The first-order valence-electron chi connectivity index (χ1n) is 6.77. The zero-order chi connectivity index (χ0) is 17.6. The minimum absolute atomic E-state index is 0.0964. The van der Waals surface area contributed by atoms with Gasteiger partial charge in [0, 0.05) is 17.2 Å². The molecule has 2 rings (SSSR count). The fourth-order valence-corrected chi connectivity index (χ4v) is 3.07. The Labute approximate surface area is 139 Å². The van der Waals surface area contributed by atoms with Gasteiger partial charge in [-0.15, -0.1) is 6.42 Å². The SMILES string of the molecule is C#CC(=CC(=O)NO)c1ccccc1NS(=O)(=O)c1ccccc1. The minimum atomic E-state index is -3.81. The highest BCUT2D eigenvalue weighted by molar-refractivity contribution is 7.92. The van der Waals surface area contributed by atoms with Crippen LogP contribution in [0.4, 0.5) is 5.69 Å². The summed E-state index contributed by atoms with van der Waals surface area (Å²) in [7, 11) is -3.81. The van der Waals surface area contributed by atoms with Gasteiger partial charge in [0.15, 0.2) is 0 Å². The van der Waals surface area contributed by atoms with E-state index in [0.29, 0.717) is 5.56 Å². The number of amides is 1. The first kappa shape index (κ1) is 17.3. The molecule has 2 aromatic rings. The zero-order valence-electron chi connectivity index (χ0n) is 12.4. The smallest absolute Gasteiger partial charge is 0.268 e. The molecule has 0 aliphatic carbocycles. The fourth-order valence-electron chi connectivity index (χ4n) is 1.97. The number of hydrogen-bond acceptors (Lipinski definition) is 4. The zero-order valence-corrected chi connectivity index (χ0v) is 13.2. The Bertz CT molecular complexity index is 913. The van der Waals surface area contributed by atoms with Crippen LogP contribution in [0, 0.1) is 12.3 Å². The second kappa shape index (κ2) is 7.46. The van der Waals surface area contributed by atoms with E-state index in [0.717, 1.165) is 6.08 Å². The molecule has 0 aliphatic rings. The summed E-state index contributed by atoms with van der Waals surface area (Å²) in [5, 5.41) is 8.61. The summed E-state index contributed by atoms with van der Waals surface area (Å²) in [6.45, 7) is 0. The molecule has 2 aromatic carbocycles. The lowest BCUT2D eigenvalue weighted by atomic mass is 10.0. The molecule has 7 heteroatoms. The van der Waals surface area contributed by atoms with Crippen molar-refractivity contribution < 1.29 is 18.4 Å². The number of anilines is 1. The third-order valence-electron chi connectivity index (χ3n) is 3.06. The molecule has 0 aliphatic heterocycles. The standard InChI is InChI=1S/C17H14N2O4S/c1-2-13(12-17(20)18-21)15-10-6-7-11-16(15)19-24(22,23)14-8-4-3-5-9-14/h1,3-12,19,21H,(H,18,20). The van der Waals surface area contributed by atoms with Crippen LogP contribution < -0.4 is 10.2 Å². The lowest BCUT2D eigenvalue weighted by molar-refractivity contribution is -0.124. The van der Waals surface area contributed by atoms with Crippen molar-refractivity contribution in [3.63, 3.8) is 0 Å². The summed E-state index contributed by atoms with van der Waals surface area (Å²) in [5.74, 6) is 1.49. The van der Waals surface area contributed by atoms with Crippen molar-refractivity contribution in [1.82, 2.24) is 5.48 Å². The second-order valence-corrected chi connectivity index (χ2v) is 6.32. The maximum Gasteiger partial charge on any atom is 0.268 e. The molecule has 0 aromatic heterocycles. The average Bonchev–Trinajstić information content (AvgIpc) is 2.60. The van der Waals surface area contributed by atoms with Crippen LogP contribution in [0.2, 0.25) is 0 Å². The van der Waals surface area contributed by atoms with Gasteiger partial charge in [-0.05, 0) is 18.2 Å². The molecule has 0 saturated heterocycles. The highest BCUT2D eigenvalue weighted by Gasteiger charge is 2.16. The molecular weight excluding hydrogens is 328 g/mol. The van der Waals surface area contributed by atoms with Gasteiger partial charge in [-0.1, -0.05) is 42.3 Å². The van der Waals surface area contributed by atoms with Crippen molar-refractivity contribution in [2.45, 2.75) is 4.90 Å². The molecule has 0 bridgehead atoms. The number of carbonyl (C=O) groups is 1. The lowest BCUT2D eigenvalue weighted by Gasteiger charge is -2.12. The largest absolute Gasteiger partial charge is 0.288 e. The number of hydrogen-bond donors (Lipinski definition) is 3. The number of benzene rings is 2. The Kier molecular flexibility index (Phi) is 5.37. The van der Waals surface area contributed by atoms with E-state index in [9.17, 15) is 13.2 Å². The topological polar surface area (TPSA) is 95.5 Å². The van der Waals surface area contributed by atoms with Crippen LogP contribution in [0.1, 0.15) is 5.56 Å². The van der Waals surface area contributed by atoms with Crippen molar-refractivity contribution in [3.8, 4) is 12.3 Å². The Morgan fingerprint density at radius 1 is 1.08 bits per heavy atom. The van der Waals surface area contributed by atoms with Crippen molar-refractivity contribution >= 4 is 27.2 Å². The molecule has 0 heterocycles. The van der Waals surface area contributed by atoms with E-state index in [-0.39, 0.29) is 16.2 Å². The molecule has 3 N–H and O–H groups in total. The van der Waals surface area contributed by atoms with E-state index in [4.69, 9.17) is 11.6 Å². The Morgan fingerprint density at radius 2 is 1.71 bits per heavy atom. The Morgan fingerprint density at radius 3 is 2.33 bits per heavy atom. The molecule has 1 amide bonds. The summed E-state index contributed by atoms with van der Waals surface area (Å²) in [6.07, 6.45) is 6.39.